The first-order chi connectivity index (χ1) is 30.8. The molecule has 0 bridgehead atoms. The van der Waals surface area contributed by atoms with Crippen LogP contribution in [0, 0.1) is 11.8 Å². The van der Waals surface area contributed by atoms with E-state index in [4.69, 9.17) is 14.2 Å². The highest BCUT2D eigenvalue weighted by Crippen LogP contribution is 2.18. The Kier molecular flexibility index (Phi) is 48.6. The van der Waals surface area contributed by atoms with Gasteiger partial charge in [0.25, 0.3) is 0 Å². The molecular formula is C57H110O6. The molecule has 0 heterocycles. The normalized spacial score (nSPS) is 12.5. The number of hydrogen-bond acceptors (Lipinski definition) is 6. The van der Waals surface area contributed by atoms with Gasteiger partial charge in [0.2, 0.25) is 0 Å². The smallest absolute Gasteiger partial charge is 0.306 e. The molecule has 0 aliphatic rings. The van der Waals surface area contributed by atoms with Gasteiger partial charge < -0.3 is 14.2 Å². The molecule has 0 fully saturated rings. The van der Waals surface area contributed by atoms with Gasteiger partial charge in [-0.15, -0.1) is 0 Å². The lowest BCUT2D eigenvalue weighted by molar-refractivity contribution is -0.167. The quantitative estimate of drug-likeness (QED) is 0.0344. The van der Waals surface area contributed by atoms with Gasteiger partial charge in [0, 0.05) is 19.3 Å². The van der Waals surface area contributed by atoms with Crippen molar-refractivity contribution in [1.82, 2.24) is 0 Å². The summed E-state index contributed by atoms with van der Waals surface area (Å²) < 4.78 is 16.9. The zero-order valence-electron chi connectivity index (χ0n) is 43.2. The van der Waals surface area contributed by atoms with Crippen LogP contribution in [0.1, 0.15) is 317 Å². The van der Waals surface area contributed by atoms with Crippen LogP contribution in [-0.2, 0) is 28.6 Å². The molecule has 0 aliphatic heterocycles. The van der Waals surface area contributed by atoms with Crippen molar-refractivity contribution in [3.05, 3.63) is 0 Å². The summed E-state index contributed by atoms with van der Waals surface area (Å²) in [6.45, 7) is 11.4. The van der Waals surface area contributed by atoms with Crippen molar-refractivity contribution in [2.24, 2.45) is 11.8 Å². The summed E-state index contributed by atoms with van der Waals surface area (Å²) in [7, 11) is 0. The molecule has 6 heteroatoms. The van der Waals surface area contributed by atoms with Gasteiger partial charge in [-0.2, -0.15) is 0 Å². The minimum absolute atomic E-state index is 0.0633. The molecule has 6 nitrogen and oxygen atoms in total. The van der Waals surface area contributed by atoms with Crippen molar-refractivity contribution in [1.29, 1.82) is 0 Å². The summed E-state index contributed by atoms with van der Waals surface area (Å²) >= 11 is 0. The first-order valence-electron chi connectivity index (χ1n) is 28.3. The van der Waals surface area contributed by atoms with E-state index in [1.807, 2.05) is 0 Å². The van der Waals surface area contributed by atoms with E-state index in [0.29, 0.717) is 19.3 Å². The molecule has 2 atom stereocenters. The topological polar surface area (TPSA) is 78.9 Å². The third-order valence-corrected chi connectivity index (χ3v) is 13.3. The number of carbonyl (C=O) groups excluding carboxylic acids is 3. The van der Waals surface area contributed by atoms with Gasteiger partial charge in [-0.25, -0.2) is 0 Å². The molecule has 0 N–H and O–H groups in total. The maximum Gasteiger partial charge on any atom is 0.306 e. The molecule has 0 saturated heterocycles. The van der Waals surface area contributed by atoms with E-state index >= 15 is 0 Å². The van der Waals surface area contributed by atoms with Crippen molar-refractivity contribution in [3.63, 3.8) is 0 Å². The predicted octanol–water partition coefficient (Wildman–Crippen LogP) is 18.5. The predicted molar refractivity (Wildman–Crippen MR) is 270 cm³/mol. The molecule has 0 aromatic rings. The van der Waals surface area contributed by atoms with E-state index in [2.05, 4.69) is 34.6 Å². The zero-order valence-corrected chi connectivity index (χ0v) is 43.2. The number of rotatable bonds is 51. The lowest BCUT2D eigenvalue weighted by Crippen LogP contribution is -2.30. The zero-order chi connectivity index (χ0) is 46.1. The number of carbonyl (C=O) groups is 3. The summed E-state index contributed by atoms with van der Waals surface area (Å²) in [4.78, 5) is 38.0. The molecule has 1 unspecified atom stereocenters. The van der Waals surface area contributed by atoms with Gasteiger partial charge in [-0.1, -0.05) is 279 Å². The maximum atomic E-state index is 12.8. The Labute approximate surface area is 393 Å². The van der Waals surface area contributed by atoms with Crippen molar-refractivity contribution in [2.75, 3.05) is 13.2 Å². The molecule has 63 heavy (non-hydrogen) atoms. The molecule has 0 aromatic heterocycles. The number of ether oxygens (including phenoxy) is 3. The number of esters is 3. The van der Waals surface area contributed by atoms with Gasteiger partial charge in [0.05, 0.1) is 0 Å². The molecule has 0 aromatic carbocycles. The van der Waals surface area contributed by atoms with E-state index in [1.54, 1.807) is 0 Å². The standard InChI is InChI=1S/C57H110O6/c1-6-8-9-10-11-12-13-23-26-32-37-42-47-55(58)61-50-54(51-62-56(59)48-43-38-33-29-28-31-36-41-46-53(5)7-2)63-57(60)49-44-39-34-27-24-21-19-17-15-14-16-18-20-22-25-30-35-40-45-52(3)4/h52-54H,6-51H2,1-5H3/t53?,54-/m1/s1. The van der Waals surface area contributed by atoms with E-state index in [9.17, 15) is 14.4 Å². The van der Waals surface area contributed by atoms with E-state index in [1.165, 1.54) is 205 Å². The molecule has 0 radical (unpaired) electrons. The van der Waals surface area contributed by atoms with Crippen LogP contribution in [0.25, 0.3) is 0 Å². The Balaban J connectivity index is 4.24. The molecule has 0 amide bonds. The summed E-state index contributed by atoms with van der Waals surface area (Å²) in [6.07, 6.45) is 52.3. The van der Waals surface area contributed by atoms with Crippen LogP contribution < -0.4 is 0 Å². The molecule has 0 saturated carbocycles. The Morgan fingerprint density at radius 2 is 0.603 bits per heavy atom. The van der Waals surface area contributed by atoms with Crippen molar-refractivity contribution in [3.8, 4) is 0 Å². The SMILES string of the molecule is CCCCCCCCCCCCCCC(=O)OC[C@H](COC(=O)CCCCCCCCCCC(C)CC)OC(=O)CCCCCCCCCCCCCCCCCCCCC(C)C. The van der Waals surface area contributed by atoms with Gasteiger partial charge in [-0.05, 0) is 31.1 Å². The Hall–Kier alpha value is -1.59. The Morgan fingerprint density at radius 1 is 0.333 bits per heavy atom. The second-order valence-electron chi connectivity index (χ2n) is 20.3. The second kappa shape index (κ2) is 49.8. The number of hydrogen-bond donors (Lipinski definition) is 0. The van der Waals surface area contributed by atoms with Gasteiger partial charge >= 0.3 is 17.9 Å². The van der Waals surface area contributed by atoms with Crippen LogP contribution in [-0.4, -0.2) is 37.2 Å². The molecule has 374 valence electrons. The van der Waals surface area contributed by atoms with E-state index in [0.717, 1.165) is 69.6 Å². The number of unbranched alkanes of at least 4 members (excludes halogenated alkanes) is 35. The summed E-state index contributed by atoms with van der Waals surface area (Å²) in [5, 5.41) is 0. The van der Waals surface area contributed by atoms with E-state index < -0.39 is 6.10 Å². The lowest BCUT2D eigenvalue weighted by Gasteiger charge is -2.18. The van der Waals surface area contributed by atoms with Crippen LogP contribution in [0.5, 0.6) is 0 Å². The molecule has 0 aliphatic carbocycles. The van der Waals surface area contributed by atoms with Gasteiger partial charge in [0.15, 0.2) is 6.10 Å². The van der Waals surface area contributed by atoms with Crippen molar-refractivity contribution < 1.29 is 28.6 Å². The van der Waals surface area contributed by atoms with E-state index in [-0.39, 0.29) is 31.1 Å². The molecule has 0 spiro atoms. The monoisotopic (exact) mass is 891 g/mol. The fraction of sp³-hybridized carbons (Fsp3) is 0.947. The first kappa shape index (κ1) is 61.4. The Morgan fingerprint density at radius 3 is 0.905 bits per heavy atom. The first-order valence-corrected chi connectivity index (χ1v) is 28.3. The summed E-state index contributed by atoms with van der Waals surface area (Å²) in [5.74, 6) is 0.863. The lowest BCUT2D eigenvalue weighted by atomic mass is 9.99. The fourth-order valence-corrected chi connectivity index (χ4v) is 8.66. The third kappa shape index (κ3) is 49.7. The van der Waals surface area contributed by atoms with Crippen LogP contribution in [0.3, 0.4) is 0 Å². The minimum atomic E-state index is -0.762. The maximum absolute atomic E-state index is 12.8. The minimum Gasteiger partial charge on any atom is -0.462 e. The second-order valence-corrected chi connectivity index (χ2v) is 20.3. The summed E-state index contributed by atoms with van der Waals surface area (Å²) in [5.41, 5.74) is 0. The fourth-order valence-electron chi connectivity index (χ4n) is 8.66. The van der Waals surface area contributed by atoms with Crippen LogP contribution in [0.4, 0.5) is 0 Å². The van der Waals surface area contributed by atoms with Crippen LogP contribution >= 0.6 is 0 Å². The van der Waals surface area contributed by atoms with Crippen LogP contribution in [0.15, 0.2) is 0 Å². The average molecular weight is 892 g/mol. The molecular weight excluding hydrogens is 781 g/mol. The average Bonchev–Trinajstić information content (AvgIpc) is 3.27. The van der Waals surface area contributed by atoms with Crippen LogP contribution in [0.2, 0.25) is 0 Å². The summed E-state index contributed by atoms with van der Waals surface area (Å²) in [6, 6.07) is 0. The van der Waals surface area contributed by atoms with Crippen molar-refractivity contribution in [2.45, 2.75) is 323 Å². The molecule has 0 rings (SSSR count). The van der Waals surface area contributed by atoms with Crippen molar-refractivity contribution >= 4 is 17.9 Å². The highest BCUT2D eigenvalue weighted by molar-refractivity contribution is 5.71. The highest BCUT2D eigenvalue weighted by atomic mass is 16.6. The largest absolute Gasteiger partial charge is 0.462 e. The Bertz CT molecular complexity index is 964. The highest BCUT2D eigenvalue weighted by Gasteiger charge is 2.19. The van der Waals surface area contributed by atoms with Gasteiger partial charge in [-0.3, -0.25) is 14.4 Å². The van der Waals surface area contributed by atoms with Gasteiger partial charge in [0.1, 0.15) is 13.2 Å². The third-order valence-electron chi connectivity index (χ3n) is 13.3.